The smallest absolute Gasteiger partial charge is 0.0383 e. The molecule has 0 heterocycles. The second kappa shape index (κ2) is 7.41. The second-order valence-corrected chi connectivity index (χ2v) is 4.52. The fourth-order valence-corrected chi connectivity index (χ4v) is 2.32. The molecular formula is C13H25. The molecule has 0 aromatic rings. The molecule has 0 heteroatoms. The van der Waals surface area contributed by atoms with Gasteiger partial charge in [-0.3, -0.25) is 0 Å². The van der Waals surface area contributed by atoms with Crippen LogP contribution in [0, 0.1) is 12.3 Å². The third-order valence-corrected chi connectivity index (χ3v) is 3.24. The van der Waals surface area contributed by atoms with Crippen LogP contribution in [0.5, 0.6) is 0 Å². The molecule has 1 saturated carbocycles. The van der Waals surface area contributed by atoms with Crippen molar-refractivity contribution in [2.24, 2.45) is 5.92 Å². The standard InChI is InChI=1S/C13H25/c1-2-3-4-5-7-10-13-11-8-6-9-12-13/h8,13H,2-7,9-12H2,1H3. The van der Waals surface area contributed by atoms with Crippen molar-refractivity contribution in [2.75, 3.05) is 0 Å². The highest BCUT2D eigenvalue weighted by molar-refractivity contribution is 4.77. The van der Waals surface area contributed by atoms with Crippen LogP contribution in [0.25, 0.3) is 0 Å². The zero-order chi connectivity index (χ0) is 9.36. The third-order valence-electron chi connectivity index (χ3n) is 3.24. The van der Waals surface area contributed by atoms with Crippen LogP contribution in [0.4, 0.5) is 0 Å². The molecule has 0 nitrogen and oxygen atoms in total. The molecule has 0 amide bonds. The van der Waals surface area contributed by atoms with E-state index in [4.69, 9.17) is 0 Å². The van der Waals surface area contributed by atoms with Crippen LogP contribution in [0.3, 0.4) is 0 Å². The highest BCUT2D eigenvalue weighted by Crippen LogP contribution is 2.27. The van der Waals surface area contributed by atoms with Gasteiger partial charge in [-0.15, -0.1) is 0 Å². The van der Waals surface area contributed by atoms with Gasteiger partial charge in [-0.2, -0.15) is 0 Å². The maximum atomic E-state index is 2.50. The minimum absolute atomic E-state index is 1.05. The minimum Gasteiger partial charge on any atom is -0.0654 e. The van der Waals surface area contributed by atoms with Crippen molar-refractivity contribution in [1.29, 1.82) is 0 Å². The fourth-order valence-electron chi connectivity index (χ4n) is 2.32. The van der Waals surface area contributed by atoms with E-state index in [9.17, 15) is 0 Å². The first-order chi connectivity index (χ1) is 6.43. The van der Waals surface area contributed by atoms with Gasteiger partial charge in [-0.05, 0) is 18.8 Å². The quantitative estimate of drug-likeness (QED) is 0.519. The van der Waals surface area contributed by atoms with Gasteiger partial charge < -0.3 is 0 Å². The number of rotatable bonds is 6. The molecule has 0 aliphatic heterocycles. The maximum absolute atomic E-state index is 2.50. The average Bonchev–Trinajstić information content (AvgIpc) is 2.19. The van der Waals surface area contributed by atoms with Crippen molar-refractivity contribution >= 4 is 0 Å². The van der Waals surface area contributed by atoms with E-state index in [-0.39, 0.29) is 0 Å². The van der Waals surface area contributed by atoms with E-state index < -0.39 is 0 Å². The maximum Gasteiger partial charge on any atom is -0.0383 e. The highest BCUT2D eigenvalue weighted by atomic mass is 14.2. The van der Waals surface area contributed by atoms with E-state index in [1.54, 1.807) is 0 Å². The van der Waals surface area contributed by atoms with Crippen molar-refractivity contribution < 1.29 is 0 Å². The highest BCUT2D eigenvalue weighted by Gasteiger charge is 2.12. The van der Waals surface area contributed by atoms with E-state index >= 15 is 0 Å². The molecule has 1 atom stereocenters. The summed E-state index contributed by atoms with van der Waals surface area (Å²) in [6, 6.07) is 0. The summed E-state index contributed by atoms with van der Waals surface area (Å²) < 4.78 is 0. The molecule has 1 fully saturated rings. The Morgan fingerprint density at radius 3 is 2.69 bits per heavy atom. The summed E-state index contributed by atoms with van der Waals surface area (Å²) in [5.74, 6) is 1.05. The van der Waals surface area contributed by atoms with Gasteiger partial charge in [0.1, 0.15) is 0 Å². The van der Waals surface area contributed by atoms with Crippen LogP contribution in [-0.2, 0) is 0 Å². The summed E-state index contributed by atoms with van der Waals surface area (Å²) in [7, 11) is 0. The Hall–Kier alpha value is 0. The predicted octanol–water partition coefficient (Wildman–Crippen LogP) is 4.74. The topological polar surface area (TPSA) is 0 Å². The van der Waals surface area contributed by atoms with E-state index in [0.29, 0.717) is 0 Å². The van der Waals surface area contributed by atoms with Crippen molar-refractivity contribution in [3.05, 3.63) is 6.42 Å². The first-order valence-electron chi connectivity index (χ1n) is 6.25. The van der Waals surface area contributed by atoms with Gasteiger partial charge in [0.15, 0.2) is 0 Å². The van der Waals surface area contributed by atoms with Gasteiger partial charge in [-0.1, -0.05) is 64.7 Å². The lowest BCUT2D eigenvalue weighted by atomic mass is 9.85. The van der Waals surface area contributed by atoms with Crippen LogP contribution in [0.1, 0.15) is 71.1 Å². The summed E-state index contributed by atoms with van der Waals surface area (Å²) >= 11 is 0. The zero-order valence-corrected chi connectivity index (χ0v) is 9.23. The average molecular weight is 181 g/mol. The second-order valence-electron chi connectivity index (χ2n) is 4.52. The van der Waals surface area contributed by atoms with Gasteiger partial charge >= 0.3 is 0 Å². The van der Waals surface area contributed by atoms with Gasteiger partial charge in [0.05, 0.1) is 0 Å². The lowest BCUT2D eigenvalue weighted by molar-refractivity contribution is 0.373. The molecule has 13 heavy (non-hydrogen) atoms. The van der Waals surface area contributed by atoms with Gasteiger partial charge in [0, 0.05) is 0 Å². The monoisotopic (exact) mass is 181 g/mol. The van der Waals surface area contributed by atoms with Crippen LogP contribution in [0.2, 0.25) is 0 Å². The van der Waals surface area contributed by atoms with Gasteiger partial charge in [-0.25, -0.2) is 0 Å². The summed E-state index contributed by atoms with van der Waals surface area (Å²) in [6.45, 7) is 2.29. The first-order valence-corrected chi connectivity index (χ1v) is 6.25. The zero-order valence-electron chi connectivity index (χ0n) is 9.23. The largest absolute Gasteiger partial charge is 0.0654 e. The van der Waals surface area contributed by atoms with E-state index in [0.717, 1.165) is 5.92 Å². The Bertz CT molecular complexity index is 101. The number of unbranched alkanes of at least 4 members (excludes halogenated alkanes) is 4. The molecule has 1 aliphatic rings. The number of hydrogen-bond acceptors (Lipinski definition) is 0. The molecule has 0 spiro atoms. The lowest BCUT2D eigenvalue weighted by Gasteiger charge is -2.20. The van der Waals surface area contributed by atoms with E-state index in [1.807, 2.05) is 0 Å². The Balaban J connectivity index is 1.86. The summed E-state index contributed by atoms with van der Waals surface area (Å²) in [5, 5.41) is 0. The fraction of sp³-hybridized carbons (Fsp3) is 0.923. The van der Waals surface area contributed by atoms with Crippen LogP contribution < -0.4 is 0 Å². The minimum atomic E-state index is 1.05. The molecule has 0 aromatic carbocycles. The van der Waals surface area contributed by atoms with Crippen LogP contribution >= 0.6 is 0 Å². The molecule has 1 radical (unpaired) electrons. The Morgan fingerprint density at radius 2 is 2.00 bits per heavy atom. The van der Waals surface area contributed by atoms with Crippen molar-refractivity contribution in [2.45, 2.75) is 71.1 Å². The normalized spacial score (nSPS) is 19.2. The molecule has 1 unspecified atom stereocenters. The predicted molar refractivity (Wildman–Crippen MR) is 59.6 cm³/mol. The summed E-state index contributed by atoms with van der Waals surface area (Å²) in [6.07, 6.45) is 17.0. The van der Waals surface area contributed by atoms with E-state index in [1.165, 1.54) is 64.2 Å². The Kier molecular flexibility index (Phi) is 6.31. The van der Waals surface area contributed by atoms with Crippen molar-refractivity contribution in [3.8, 4) is 0 Å². The number of hydrogen-bond donors (Lipinski definition) is 0. The Morgan fingerprint density at radius 1 is 1.15 bits per heavy atom. The molecule has 0 aromatic heterocycles. The summed E-state index contributed by atoms with van der Waals surface area (Å²) in [5.41, 5.74) is 0. The summed E-state index contributed by atoms with van der Waals surface area (Å²) in [4.78, 5) is 0. The van der Waals surface area contributed by atoms with Gasteiger partial charge in [0.25, 0.3) is 0 Å². The molecular weight excluding hydrogens is 156 g/mol. The Labute approximate surface area is 84.1 Å². The first kappa shape index (κ1) is 11.1. The molecule has 77 valence electrons. The molecule has 1 rings (SSSR count). The van der Waals surface area contributed by atoms with Crippen LogP contribution in [-0.4, -0.2) is 0 Å². The lowest BCUT2D eigenvalue weighted by Crippen LogP contribution is -2.06. The molecule has 1 aliphatic carbocycles. The van der Waals surface area contributed by atoms with Gasteiger partial charge in [0.2, 0.25) is 0 Å². The molecule has 0 saturated heterocycles. The van der Waals surface area contributed by atoms with Crippen molar-refractivity contribution in [3.63, 3.8) is 0 Å². The van der Waals surface area contributed by atoms with Crippen molar-refractivity contribution in [1.82, 2.24) is 0 Å². The SMILES string of the molecule is CCCCCCCC1C[CH]CCC1. The van der Waals surface area contributed by atoms with E-state index in [2.05, 4.69) is 13.3 Å². The molecule has 0 bridgehead atoms. The molecule has 0 N–H and O–H groups in total. The van der Waals surface area contributed by atoms with Crippen LogP contribution in [0.15, 0.2) is 0 Å². The third kappa shape index (κ3) is 5.33.